The summed E-state index contributed by atoms with van der Waals surface area (Å²) in [5.74, 6) is 0. The number of nitrogens with zero attached hydrogens (tertiary/aromatic N) is 4. The first-order chi connectivity index (χ1) is 7.86. The summed E-state index contributed by atoms with van der Waals surface area (Å²) in [4.78, 5) is 12.5. The van der Waals surface area contributed by atoms with E-state index in [2.05, 4.69) is 31.7 Å². The summed E-state index contributed by atoms with van der Waals surface area (Å²) in [6, 6.07) is 0.445. The maximum Gasteiger partial charge on any atom is 0.165 e. The van der Waals surface area contributed by atoms with Crippen LogP contribution < -0.4 is 0 Å². The maximum absolute atomic E-state index is 5.97. The molecule has 0 spiro atoms. The van der Waals surface area contributed by atoms with Gasteiger partial charge in [0.05, 0.1) is 6.33 Å². The highest BCUT2D eigenvalue weighted by Crippen LogP contribution is 2.27. The van der Waals surface area contributed by atoms with Crippen LogP contribution in [0.25, 0.3) is 11.2 Å². The van der Waals surface area contributed by atoms with Gasteiger partial charge in [-0.1, -0.05) is 23.8 Å². The van der Waals surface area contributed by atoms with Crippen molar-refractivity contribution >= 4 is 22.8 Å². The Labute approximate surface area is 98.0 Å². The molecule has 1 aliphatic rings. The minimum absolute atomic E-state index is 0.426. The minimum atomic E-state index is 0.426. The van der Waals surface area contributed by atoms with Crippen molar-refractivity contribution in [3.05, 3.63) is 30.0 Å². The number of hydrogen-bond donors (Lipinski definition) is 0. The van der Waals surface area contributed by atoms with E-state index in [1.807, 2.05) is 6.33 Å². The van der Waals surface area contributed by atoms with Crippen LogP contribution in [-0.2, 0) is 0 Å². The molecule has 1 unspecified atom stereocenters. The van der Waals surface area contributed by atoms with Crippen LogP contribution in [-0.4, -0.2) is 19.5 Å². The monoisotopic (exact) mass is 234 g/mol. The molecule has 2 aromatic rings. The Balaban J connectivity index is 2.10. The van der Waals surface area contributed by atoms with Crippen LogP contribution in [0, 0.1) is 0 Å². The van der Waals surface area contributed by atoms with Crippen LogP contribution in [0.4, 0.5) is 0 Å². The summed E-state index contributed by atoms with van der Waals surface area (Å²) < 4.78 is 2.10. The van der Waals surface area contributed by atoms with E-state index >= 15 is 0 Å². The van der Waals surface area contributed by atoms with Crippen LogP contribution in [0.15, 0.2) is 24.8 Å². The fourth-order valence-electron chi connectivity index (χ4n) is 2.12. The first kappa shape index (κ1) is 9.78. The van der Waals surface area contributed by atoms with Crippen molar-refractivity contribution < 1.29 is 0 Å². The number of aromatic nitrogens is 4. The van der Waals surface area contributed by atoms with Crippen molar-refractivity contribution in [3.8, 4) is 0 Å². The molecule has 1 aliphatic carbocycles. The molecule has 0 N–H and O–H groups in total. The van der Waals surface area contributed by atoms with Gasteiger partial charge in [-0.3, -0.25) is 0 Å². The predicted molar refractivity (Wildman–Crippen MR) is 62.4 cm³/mol. The standard InChI is InChI=1S/C11H11ClN4/c12-10-9-11(14-6-13-10)16(7-15-9)8-4-2-1-3-5-8/h1-2,6-8H,3-5H2. The van der Waals surface area contributed by atoms with Crippen LogP contribution >= 0.6 is 11.6 Å². The van der Waals surface area contributed by atoms with Gasteiger partial charge in [0.25, 0.3) is 0 Å². The number of rotatable bonds is 1. The Morgan fingerprint density at radius 3 is 3.00 bits per heavy atom. The van der Waals surface area contributed by atoms with Crippen molar-refractivity contribution in [2.75, 3.05) is 0 Å². The van der Waals surface area contributed by atoms with Gasteiger partial charge in [-0.05, 0) is 19.3 Å². The van der Waals surface area contributed by atoms with Crippen LogP contribution in [0.2, 0.25) is 5.15 Å². The van der Waals surface area contributed by atoms with Gasteiger partial charge in [0.15, 0.2) is 10.8 Å². The topological polar surface area (TPSA) is 43.6 Å². The molecule has 16 heavy (non-hydrogen) atoms. The average Bonchev–Trinajstić information content (AvgIpc) is 2.75. The van der Waals surface area contributed by atoms with Crippen molar-refractivity contribution in [3.63, 3.8) is 0 Å². The number of fused-ring (bicyclic) bond motifs is 1. The molecule has 0 amide bonds. The third-order valence-electron chi connectivity index (χ3n) is 2.95. The zero-order chi connectivity index (χ0) is 11.0. The normalized spacial score (nSPS) is 20.4. The summed E-state index contributed by atoms with van der Waals surface area (Å²) in [5.41, 5.74) is 1.53. The lowest BCUT2D eigenvalue weighted by Crippen LogP contribution is -2.09. The number of allylic oxidation sites excluding steroid dienone is 2. The largest absolute Gasteiger partial charge is 0.312 e. The number of imidazole rings is 1. The fourth-order valence-corrected chi connectivity index (χ4v) is 2.30. The van der Waals surface area contributed by atoms with Gasteiger partial charge < -0.3 is 4.57 Å². The summed E-state index contributed by atoms with van der Waals surface area (Å²) in [5, 5.41) is 0.426. The molecule has 82 valence electrons. The lowest BCUT2D eigenvalue weighted by molar-refractivity contribution is 0.469. The van der Waals surface area contributed by atoms with E-state index in [4.69, 9.17) is 11.6 Å². The van der Waals surface area contributed by atoms with E-state index in [9.17, 15) is 0 Å². The highest BCUT2D eigenvalue weighted by atomic mass is 35.5. The van der Waals surface area contributed by atoms with Crippen LogP contribution in [0.3, 0.4) is 0 Å². The molecular weight excluding hydrogens is 224 g/mol. The third kappa shape index (κ3) is 1.50. The summed E-state index contributed by atoms with van der Waals surface area (Å²) >= 11 is 5.97. The first-order valence-corrected chi connectivity index (χ1v) is 5.72. The van der Waals surface area contributed by atoms with Gasteiger partial charge in [0.2, 0.25) is 0 Å². The smallest absolute Gasteiger partial charge is 0.165 e. The third-order valence-corrected chi connectivity index (χ3v) is 3.23. The van der Waals surface area contributed by atoms with Crippen LogP contribution in [0.1, 0.15) is 25.3 Å². The Bertz CT molecular complexity index is 546. The van der Waals surface area contributed by atoms with Gasteiger partial charge in [-0.15, -0.1) is 0 Å². The Morgan fingerprint density at radius 2 is 2.19 bits per heavy atom. The molecule has 0 radical (unpaired) electrons. The molecule has 5 heteroatoms. The second-order valence-corrected chi connectivity index (χ2v) is 4.28. The molecule has 0 fully saturated rings. The van der Waals surface area contributed by atoms with Gasteiger partial charge in [0.1, 0.15) is 11.8 Å². The average molecular weight is 235 g/mol. The van der Waals surface area contributed by atoms with E-state index in [1.54, 1.807) is 0 Å². The number of halogens is 1. The molecule has 2 heterocycles. The Hall–Kier alpha value is -1.42. The molecule has 0 aliphatic heterocycles. The zero-order valence-corrected chi connectivity index (χ0v) is 9.43. The lowest BCUT2D eigenvalue weighted by Gasteiger charge is -2.19. The quantitative estimate of drug-likeness (QED) is 0.563. The highest BCUT2D eigenvalue weighted by Gasteiger charge is 2.16. The molecule has 0 aromatic carbocycles. The molecule has 0 saturated heterocycles. The molecular formula is C11H11ClN4. The van der Waals surface area contributed by atoms with E-state index in [1.165, 1.54) is 6.33 Å². The molecule has 1 atom stereocenters. The second kappa shape index (κ2) is 3.87. The van der Waals surface area contributed by atoms with E-state index in [0.29, 0.717) is 16.7 Å². The van der Waals surface area contributed by atoms with Crippen molar-refractivity contribution in [1.29, 1.82) is 0 Å². The van der Waals surface area contributed by atoms with Gasteiger partial charge in [0, 0.05) is 6.04 Å². The van der Waals surface area contributed by atoms with Gasteiger partial charge >= 0.3 is 0 Å². The van der Waals surface area contributed by atoms with E-state index < -0.39 is 0 Å². The molecule has 3 rings (SSSR count). The van der Waals surface area contributed by atoms with Crippen molar-refractivity contribution in [2.45, 2.75) is 25.3 Å². The van der Waals surface area contributed by atoms with Gasteiger partial charge in [-0.25, -0.2) is 15.0 Å². The first-order valence-electron chi connectivity index (χ1n) is 5.34. The van der Waals surface area contributed by atoms with Crippen molar-refractivity contribution in [2.24, 2.45) is 0 Å². The van der Waals surface area contributed by atoms with E-state index in [-0.39, 0.29) is 0 Å². The summed E-state index contributed by atoms with van der Waals surface area (Å²) in [6.07, 6.45) is 11.0. The van der Waals surface area contributed by atoms with Crippen LogP contribution in [0.5, 0.6) is 0 Å². The lowest BCUT2D eigenvalue weighted by atomic mass is 10.0. The summed E-state index contributed by atoms with van der Waals surface area (Å²) in [6.45, 7) is 0. The minimum Gasteiger partial charge on any atom is -0.312 e. The van der Waals surface area contributed by atoms with E-state index in [0.717, 1.165) is 24.9 Å². The zero-order valence-electron chi connectivity index (χ0n) is 8.67. The maximum atomic E-state index is 5.97. The SMILES string of the molecule is Clc1ncnc2c1ncn2C1CC=CCC1. The Kier molecular flexibility index (Phi) is 2.36. The molecule has 4 nitrogen and oxygen atoms in total. The fraction of sp³-hybridized carbons (Fsp3) is 0.364. The Morgan fingerprint density at radius 1 is 1.25 bits per heavy atom. The second-order valence-electron chi connectivity index (χ2n) is 3.93. The molecule has 0 saturated carbocycles. The molecule has 2 aromatic heterocycles. The molecule has 0 bridgehead atoms. The van der Waals surface area contributed by atoms with Gasteiger partial charge in [-0.2, -0.15) is 0 Å². The predicted octanol–water partition coefficient (Wildman–Crippen LogP) is 2.76. The summed E-state index contributed by atoms with van der Waals surface area (Å²) in [7, 11) is 0. The highest BCUT2D eigenvalue weighted by molar-refractivity contribution is 6.33. The van der Waals surface area contributed by atoms with Crippen molar-refractivity contribution in [1.82, 2.24) is 19.5 Å². The number of hydrogen-bond acceptors (Lipinski definition) is 3.